The second-order valence-corrected chi connectivity index (χ2v) is 11.1. The van der Waals surface area contributed by atoms with E-state index >= 15 is 0 Å². The number of hydrogen-bond donors (Lipinski definition) is 1. The first-order valence-corrected chi connectivity index (χ1v) is 13.2. The van der Waals surface area contributed by atoms with Crippen LogP contribution in [0.1, 0.15) is 49.8 Å². The van der Waals surface area contributed by atoms with E-state index in [9.17, 15) is 13.2 Å². The Bertz CT molecular complexity index is 1310. The van der Waals surface area contributed by atoms with Gasteiger partial charge in [0.05, 0.1) is 10.9 Å². The van der Waals surface area contributed by atoms with Crippen molar-refractivity contribution in [1.82, 2.24) is 24.8 Å². The van der Waals surface area contributed by atoms with E-state index in [4.69, 9.17) is 4.84 Å². The third-order valence-electron chi connectivity index (χ3n) is 6.67. The van der Waals surface area contributed by atoms with Crippen molar-refractivity contribution in [1.29, 1.82) is 0 Å². The molecular weight excluding hydrogens is 454 g/mol. The van der Waals surface area contributed by atoms with E-state index in [-0.39, 0.29) is 23.5 Å². The zero-order valence-electron chi connectivity index (χ0n) is 19.2. The standard InChI is InChI=1S/C24H29N5O4S/c1-17-6-5-13-28(15-17)34(31,32)19-11-12-22-23(14-19)29(27-26-22)33-16-24(30)25-21-10-4-8-18-7-2-3-9-20(18)21/h2-3,7,9,11-12,14,17,21H,4-6,8,10,13,15-16H2,1H3,(H,25,30). The van der Waals surface area contributed by atoms with Crippen LogP contribution in [0.25, 0.3) is 11.0 Å². The van der Waals surface area contributed by atoms with Crippen molar-refractivity contribution >= 4 is 27.0 Å². The van der Waals surface area contributed by atoms with E-state index in [1.807, 2.05) is 12.1 Å². The molecule has 1 aromatic heterocycles. The molecule has 0 bridgehead atoms. The van der Waals surface area contributed by atoms with Crippen molar-refractivity contribution in [2.75, 3.05) is 19.7 Å². The van der Waals surface area contributed by atoms with Crippen molar-refractivity contribution < 1.29 is 18.0 Å². The highest BCUT2D eigenvalue weighted by atomic mass is 32.2. The highest BCUT2D eigenvalue weighted by Gasteiger charge is 2.29. The molecule has 1 saturated heterocycles. The Morgan fingerprint density at radius 3 is 2.88 bits per heavy atom. The first-order chi connectivity index (χ1) is 16.4. The van der Waals surface area contributed by atoms with Crippen LogP contribution in [0.3, 0.4) is 0 Å². The number of aromatic nitrogens is 3. The Labute approximate surface area is 199 Å². The fourth-order valence-corrected chi connectivity index (χ4v) is 6.53. The Balaban J connectivity index is 1.29. The van der Waals surface area contributed by atoms with Crippen LogP contribution in [0.4, 0.5) is 0 Å². The van der Waals surface area contributed by atoms with Crippen LogP contribution in [0, 0.1) is 5.92 Å². The van der Waals surface area contributed by atoms with Gasteiger partial charge in [-0.3, -0.25) is 4.79 Å². The van der Waals surface area contributed by atoms with Gasteiger partial charge >= 0.3 is 0 Å². The highest BCUT2D eigenvalue weighted by molar-refractivity contribution is 7.89. The van der Waals surface area contributed by atoms with Crippen molar-refractivity contribution in [2.45, 2.75) is 50.0 Å². The maximum Gasteiger partial charge on any atom is 0.261 e. The topological polar surface area (TPSA) is 106 Å². The lowest BCUT2D eigenvalue weighted by Gasteiger charge is -2.30. The molecule has 1 N–H and O–H groups in total. The molecule has 0 saturated carbocycles. The molecule has 2 aliphatic rings. The van der Waals surface area contributed by atoms with Gasteiger partial charge in [0.1, 0.15) is 11.0 Å². The summed E-state index contributed by atoms with van der Waals surface area (Å²) in [7, 11) is -3.63. The van der Waals surface area contributed by atoms with E-state index < -0.39 is 10.0 Å². The molecule has 10 heteroatoms. The van der Waals surface area contributed by atoms with Crippen molar-refractivity contribution in [3.05, 3.63) is 53.6 Å². The van der Waals surface area contributed by atoms with Crippen molar-refractivity contribution in [2.24, 2.45) is 5.92 Å². The second-order valence-electron chi connectivity index (χ2n) is 9.21. The predicted molar refractivity (Wildman–Crippen MR) is 126 cm³/mol. The summed E-state index contributed by atoms with van der Waals surface area (Å²) in [5.41, 5.74) is 3.31. The Kier molecular flexibility index (Phi) is 6.26. The zero-order valence-corrected chi connectivity index (χ0v) is 20.0. The molecule has 1 aliphatic heterocycles. The molecule has 1 aliphatic carbocycles. The minimum absolute atomic E-state index is 0.0442. The maximum atomic E-state index is 13.2. The second kappa shape index (κ2) is 9.34. The summed E-state index contributed by atoms with van der Waals surface area (Å²) in [6.07, 6.45) is 4.80. The van der Waals surface area contributed by atoms with Gasteiger partial charge in [0.15, 0.2) is 6.61 Å². The third kappa shape index (κ3) is 4.52. The predicted octanol–water partition coefficient (Wildman–Crippen LogP) is 2.47. The highest BCUT2D eigenvalue weighted by Crippen LogP contribution is 2.29. The van der Waals surface area contributed by atoms with Gasteiger partial charge in [-0.2, -0.15) is 4.31 Å². The molecule has 2 heterocycles. The number of nitrogens with one attached hydrogen (secondary N) is 1. The molecule has 2 unspecified atom stereocenters. The number of carbonyl (C=O) groups is 1. The van der Waals surface area contributed by atoms with Gasteiger partial charge < -0.3 is 10.2 Å². The smallest absolute Gasteiger partial charge is 0.261 e. The summed E-state index contributed by atoms with van der Waals surface area (Å²) in [6.45, 7) is 2.84. The number of nitrogens with zero attached hydrogens (tertiary/aromatic N) is 4. The van der Waals surface area contributed by atoms with E-state index in [0.717, 1.165) is 42.5 Å². The van der Waals surface area contributed by atoms with Crippen molar-refractivity contribution in [3.63, 3.8) is 0 Å². The van der Waals surface area contributed by atoms with Gasteiger partial charge in [0, 0.05) is 13.1 Å². The molecule has 0 radical (unpaired) electrons. The number of rotatable bonds is 6. The fraction of sp³-hybridized carbons (Fsp3) is 0.458. The van der Waals surface area contributed by atoms with E-state index in [1.54, 1.807) is 12.1 Å². The van der Waals surface area contributed by atoms with E-state index in [0.29, 0.717) is 30.0 Å². The lowest BCUT2D eigenvalue weighted by atomic mass is 9.88. The first-order valence-electron chi connectivity index (χ1n) is 11.8. The summed E-state index contributed by atoms with van der Waals surface area (Å²) in [4.78, 5) is 19.5. The minimum atomic E-state index is -3.63. The molecule has 3 aromatic rings. The van der Waals surface area contributed by atoms with Crippen LogP contribution in [0.5, 0.6) is 0 Å². The number of aryl methyl sites for hydroxylation is 1. The molecule has 1 fully saturated rings. The average Bonchev–Trinajstić information content (AvgIpc) is 3.25. The molecule has 2 aromatic carbocycles. The van der Waals surface area contributed by atoms with Gasteiger partial charge in [-0.1, -0.05) is 36.0 Å². The Morgan fingerprint density at radius 2 is 2.03 bits per heavy atom. The van der Waals surface area contributed by atoms with Gasteiger partial charge in [0.25, 0.3) is 5.91 Å². The first kappa shape index (κ1) is 22.8. The molecular formula is C24H29N5O4S. The van der Waals surface area contributed by atoms with Crippen molar-refractivity contribution in [3.8, 4) is 0 Å². The van der Waals surface area contributed by atoms with Crippen LogP contribution in [0.2, 0.25) is 0 Å². The number of hydrogen-bond acceptors (Lipinski definition) is 6. The molecule has 5 rings (SSSR count). The molecule has 34 heavy (non-hydrogen) atoms. The lowest BCUT2D eigenvalue weighted by molar-refractivity contribution is -0.127. The van der Waals surface area contributed by atoms with Gasteiger partial charge in [-0.15, -0.1) is 5.10 Å². The van der Waals surface area contributed by atoms with Crippen LogP contribution in [-0.2, 0) is 21.2 Å². The van der Waals surface area contributed by atoms with Gasteiger partial charge in [0.2, 0.25) is 10.0 Å². The molecule has 180 valence electrons. The quantitative estimate of drug-likeness (QED) is 0.577. The average molecular weight is 484 g/mol. The minimum Gasteiger partial charge on any atom is -0.385 e. The van der Waals surface area contributed by atoms with Gasteiger partial charge in [-0.25, -0.2) is 8.42 Å². The summed E-state index contributed by atoms with van der Waals surface area (Å²) >= 11 is 0. The number of amides is 1. The normalized spacial score (nSPS) is 21.2. The Morgan fingerprint density at radius 1 is 1.18 bits per heavy atom. The number of carbonyl (C=O) groups excluding carboxylic acids is 1. The van der Waals surface area contributed by atoms with Crippen LogP contribution in [0.15, 0.2) is 47.4 Å². The van der Waals surface area contributed by atoms with E-state index in [1.165, 1.54) is 15.9 Å². The monoisotopic (exact) mass is 483 g/mol. The van der Waals surface area contributed by atoms with Crippen LogP contribution in [-0.4, -0.2) is 53.5 Å². The largest absolute Gasteiger partial charge is 0.385 e. The van der Waals surface area contributed by atoms with E-state index in [2.05, 4.69) is 34.7 Å². The fourth-order valence-electron chi connectivity index (χ4n) is 4.91. The number of fused-ring (bicyclic) bond motifs is 2. The Hall–Kier alpha value is -2.98. The lowest BCUT2D eigenvalue weighted by Crippen LogP contribution is -2.39. The van der Waals surface area contributed by atoms with Crippen LogP contribution < -0.4 is 10.2 Å². The molecule has 0 spiro atoms. The third-order valence-corrected chi connectivity index (χ3v) is 8.53. The number of sulfonamides is 1. The molecule has 9 nitrogen and oxygen atoms in total. The number of benzene rings is 2. The van der Waals surface area contributed by atoms with Crippen LogP contribution >= 0.6 is 0 Å². The zero-order chi connectivity index (χ0) is 23.7. The maximum absolute atomic E-state index is 13.2. The van der Waals surface area contributed by atoms with Gasteiger partial charge in [-0.05, 0) is 72.6 Å². The number of piperidine rings is 1. The molecule has 2 atom stereocenters. The summed E-state index contributed by atoms with van der Waals surface area (Å²) < 4.78 is 27.9. The SMILES string of the molecule is CC1CCCN(S(=O)(=O)c2ccc3nnn(OCC(=O)NC4CCCc5ccccc54)c3c2)C1. The summed E-state index contributed by atoms with van der Waals surface area (Å²) in [5, 5.41) is 11.0. The molecule has 1 amide bonds. The summed E-state index contributed by atoms with van der Waals surface area (Å²) in [6, 6.07) is 12.8. The summed E-state index contributed by atoms with van der Waals surface area (Å²) in [5.74, 6) is 0.0638.